The van der Waals surface area contributed by atoms with Crippen LogP contribution in [0.25, 0.3) is 0 Å². The zero-order valence-corrected chi connectivity index (χ0v) is 14.4. The van der Waals surface area contributed by atoms with Crippen molar-refractivity contribution in [2.45, 2.75) is 25.9 Å². The maximum Gasteiger partial charge on any atom is 0.373 e. The molecule has 0 amide bonds. The van der Waals surface area contributed by atoms with E-state index >= 15 is 0 Å². The van der Waals surface area contributed by atoms with Crippen molar-refractivity contribution in [3.05, 3.63) is 47.2 Å². The Hall–Kier alpha value is -2.63. The number of aryl methyl sites for hydroxylation is 1. The molecule has 6 nitrogen and oxygen atoms in total. The third-order valence-corrected chi connectivity index (χ3v) is 4.84. The summed E-state index contributed by atoms with van der Waals surface area (Å²) < 4.78 is 15.7. The molecule has 1 fully saturated rings. The first-order chi connectivity index (χ1) is 11.8. The van der Waals surface area contributed by atoms with E-state index < -0.39 is 23.5 Å². The highest BCUT2D eigenvalue weighted by molar-refractivity contribution is 5.97. The number of rotatable bonds is 4. The Bertz CT molecular complexity index is 748. The molecule has 132 valence electrons. The van der Waals surface area contributed by atoms with E-state index in [1.54, 1.807) is 19.1 Å². The second kappa shape index (κ2) is 6.35. The average Bonchev–Trinajstić information content (AvgIpc) is 2.96. The van der Waals surface area contributed by atoms with Crippen LogP contribution in [0.2, 0.25) is 0 Å². The Morgan fingerprint density at radius 1 is 1.28 bits per heavy atom. The largest absolute Gasteiger partial charge is 0.480 e. The number of benzene rings is 1. The predicted molar refractivity (Wildman–Crippen MR) is 87.7 cm³/mol. The van der Waals surface area contributed by atoms with Gasteiger partial charge in [0.05, 0.1) is 32.0 Å². The van der Waals surface area contributed by atoms with Crippen LogP contribution in [0.1, 0.15) is 29.3 Å². The topological polar surface area (TPSA) is 78.9 Å². The number of hydrogen-bond donors (Lipinski definition) is 0. The van der Waals surface area contributed by atoms with E-state index in [0.29, 0.717) is 5.56 Å². The number of methoxy groups -OCH3 is 1. The minimum absolute atomic E-state index is 0.0300. The number of hydrogen-bond acceptors (Lipinski definition) is 6. The number of Topliss-reactive ketones (excluding diaryl/α,β-unsaturated/α-hetero) is 1. The van der Waals surface area contributed by atoms with Crippen molar-refractivity contribution < 1.29 is 28.6 Å². The van der Waals surface area contributed by atoms with E-state index in [2.05, 4.69) is 0 Å². The molecule has 1 aromatic rings. The van der Waals surface area contributed by atoms with Gasteiger partial charge in [-0.1, -0.05) is 29.8 Å². The molecule has 1 saturated heterocycles. The normalized spacial score (nSPS) is 27.6. The quantitative estimate of drug-likeness (QED) is 0.615. The Morgan fingerprint density at radius 2 is 1.96 bits per heavy atom. The first-order valence-electron chi connectivity index (χ1n) is 8.10. The lowest BCUT2D eigenvalue weighted by atomic mass is 9.75. The van der Waals surface area contributed by atoms with Crippen molar-refractivity contribution in [3.8, 4) is 0 Å². The number of cyclic esters (lactones) is 1. The maximum absolute atomic E-state index is 12.7. The average molecular weight is 344 g/mol. The molecule has 0 aromatic heterocycles. The van der Waals surface area contributed by atoms with Gasteiger partial charge in [0.2, 0.25) is 5.76 Å². The lowest BCUT2D eigenvalue weighted by molar-refractivity contribution is -0.148. The number of carbonyl (C=O) groups is 3. The van der Waals surface area contributed by atoms with Gasteiger partial charge >= 0.3 is 11.9 Å². The van der Waals surface area contributed by atoms with Crippen molar-refractivity contribution in [1.29, 1.82) is 0 Å². The summed E-state index contributed by atoms with van der Waals surface area (Å²) in [7, 11) is 1.24. The highest BCUT2D eigenvalue weighted by Gasteiger charge is 2.53. The molecule has 0 radical (unpaired) electrons. The summed E-state index contributed by atoms with van der Waals surface area (Å²) in [4.78, 5) is 36.6. The predicted octanol–water partition coefficient (Wildman–Crippen LogP) is 2.20. The SMILES string of the molecule is COC(=O)C1=C[C@H]2C(=O)OC[C@H]2[C@@](C)(CC(=O)c2ccc(C)cc2)O1. The summed E-state index contributed by atoms with van der Waals surface area (Å²) in [6.07, 6.45) is 1.46. The fourth-order valence-electron chi connectivity index (χ4n) is 3.34. The van der Waals surface area contributed by atoms with Crippen LogP contribution in [0.15, 0.2) is 36.1 Å². The molecule has 0 unspecified atom stereocenters. The van der Waals surface area contributed by atoms with Crippen LogP contribution >= 0.6 is 0 Å². The second-order valence-electron chi connectivity index (χ2n) is 6.67. The van der Waals surface area contributed by atoms with E-state index in [0.717, 1.165) is 5.56 Å². The summed E-state index contributed by atoms with van der Waals surface area (Å²) in [5.41, 5.74) is 0.589. The van der Waals surface area contributed by atoms with E-state index in [9.17, 15) is 14.4 Å². The van der Waals surface area contributed by atoms with Crippen LogP contribution in [0.4, 0.5) is 0 Å². The zero-order valence-electron chi connectivity index (χ0n) is 14.4. The van der Waals surface area contributed by atoms with Crippen LogP contribution in [0.5, 0.6) is 0 Å². The highest BCUT2D eigenvalue weighted by Crippen LogP contribution is 2.43. The first-order valence-corrected chi connectivity index (χ1v) is 8.10. The van der Waals surface area contributed by atoms with Gasteiger partial charge in [0.15, 0.2) is 5.78 Å². The van der Waals surface area contributed by atoms with Gasteiger partial charge in [-0.2, -0.15) is 0 Å². The molecule has 1 aromatic carbocycles. The molecule has 0 aliphatic carbocycles. The van der Waals surface area contributed by atoms with Gasteiger partial charge in [-0.3, -0.25) is 9.59 Å². The Morgan fingerprint density at radius 3 is 2.60 bits per heavy atom. The molecule has 3 rings (SSSR count). The minimum Gasteiger partial charge on any atom is -0.480 e. The van der Waals surface area contributed by atoms with E-state index in [4.69, 9.17) is 14.2 Å². The molecule has 0 spiro atoms. The summed E-state index contributed by atoms with van der Waals surface area (Å²) in [5.74, 6) is -2.20. The number of carbonyl (C=O) groups excluding carboxylic acids is 3. The lowest BCUT2D eigenvalue weighted by Gasteiger charge is -2.39. The summed E-state index contributed by atoms with van der Waals surface area (Å²) >= 11 is 0. The molecule has 0 N–H and O–H groups in total. The summed E-state index contributed by atoms with van der Waals surface area (Å²) in [6.45, 7) is 3.83. The van der Waals surface area contributed by atoms with Gasteiger partial charge in [-0.05, 0) is 19.9 Å². The van der Waals surface area contributed by atoms with Crippen LogP contribution < -0.4 is 0 Å². The minimum atomic E-state index is -1.03. The van der Waals surface area contributed by atoms with Gasteiger partial charge in [0, 0.05) is 5.56 Å². The highest BCUT2D eigenvalue weighted by atomic mass is 16.6. The lowest BCUT2D eigenvalue weighted by Crippen LogP contribution is -2.47. The van der Waals surface area contributed by atoms with Crippen LogP contribution in [-0.2, 0) is 23.8 Å². The molecular weight excluding hydrogens is 324 g/mol. The summed E-state index contributed by atoms with van der Waals surface area (Å²) in [5, 5.41) is 0. The van der Waals surface area contributed by atoms with Crippen LogP contribution in [0, 0.1) is 18.8 Å². The molecule has 3 atom stereocenters. The standard InChI is InChI=1S/C19H20O6/c1-11-4-6-12(7-5-11)15(20)9-19(2)14-10-24-17(21)13(14)8-16(25-19)18(22)23-3/h4-8,13-14H,9-10H2,1-3H3/t13-,14-,19-/m1/s1. The molecule has 2 heterocycles. The van der Waals surface area contributed by atoms with Crippen molar-refractivity contribution in [2.75, 3.05) is 13.7 Å². The smallest absolute Gasteiger partial charge is 0.373 e. The van der Waals surface area contributed by atoms with Gasteiger partial charge in [-0.15, -0.1) is 0 Å². The van der Waals surface area contributed by atoms with E-state index in [-0.39, 0.29) is 30.5 Å². The van der Waals surface area contributed by atoms with E-state index in [1.807, 2.05) is 19.1 Å². The fourth-order valence-corrected chi connectivity index (χ4v) is 3.34. The third kappa shape index (κ3) is 3.16. The molecule has 2 aliphatic heterocycles. The summed E-state index contributed by atoms with van der Waals surface area (Å²) in [6, 6.07) is 7.24. The molecular formula is C19H20O6. The van der Waals surface area contributed by atoms with Gasteiger partial charge in [-0.25, -0.2) is 4.79 Å². The molecule has 0 saturated carbocycles. The van der Waals surface area contributed by atoms with E-state index in [1.165, 1.54) is 13.2 Å². The number of esters is 2. The number of fused-ring (bicyclic) bond motifs is 1. The van der Waals surface area contributed by atoms with Crippen molar-refractivity contribution in [2.24, 2.45) is 11.8 Å². The Labute approximate surface area is 145 Å². The first kappa shape index (κ1) is 17.2. The third-order valence-electron chi connectivity index (χ3n) is 4.84. The van der Waals surface area contributed by atoms with Crippen molar-refractivity contribution in [1.82, 2.24) is 0 Å². The second-order valence-corrected chi connectivity index (χ2v) is 6.67. The van der Waals surface area contributed by atoms with Gasteiger partial charge < -0.3 is 14.2 Å². The molecule has 2 aliphatic rings. The number of ether oxygens (including phenoxy) is 3. The van der Waals surface area contributed by atoms with Gasteiger partial charge in [0.25, 0.3) is 0 Å². The Kier molecular flexibility index (Phi) is 4.37. The monoisotopic (exact) mass is 344 g/mol. The van der Waals surface area contributed by atoms with Crippen LogP contribution in [-0.4, -0.2) is 37.0 Å². The zero-order chi connectivity index (χ0) is 18.2. The van der Waals surface area contributed by atoms with Crippen molar-refractivity contribution in [3.63, 3.8) is 0 Å². The fraction of sp³-hybridized carbons (Fsp3) is 0.421. The number of ketones is 1. The molecule has 25 heavy (non-hydrogen) atoms. The maximum atomic E-state index is 12.7. The van der Waals surface area contributed by atoms with Crippen LogP contribution in [0.3, 0.4) is 0 Å². The molecule has 0 bridgehead atoms. The van der Waals surface area contributed by atoms with Crippen molar-refractivity contribution >= 4 is 17.7 Å². The van der Waals surface area contributed by atoms with Gasteiger partial charge in [0.1, 0.15) is 5.60 Å². The Balaban J connectivity index is 1.89. The molecule has 6 heteroatoms.